The SMILES string of the molecule is N#CCCN(CCN1CCOCC1)C(=O)Cc1ccc([N+](=O)[O-])cc1. The van der Waals surface area contributed by atoms with E-state index >= 15 is 0 Å². The number of benzene rings is 1. The van der Waals surface area contributed by atoms with E-state index in [1.807, 2.05) is 0 Å². The fourth-order valence-corrected chi connectivity index (χ4v) is 2.66. The standard InChI is InChI=1S/C17H22N4O4/c18-6-1-7-20(9-8-19-10-12-25-13-11-19)17(22)14-15-2-4-16(5-3-15)21(23)24/h2-5H,1,7-14H2. The van der Waals surface area contributed by atoms with Gasteiger partial charge in [-0.25, -0.2) is 0 Å². The molecule has 0 aliphatic carbocycles. The van der Waals surface area contributed by atoms with Gasteiger partial charge in [-0.05, 0) is 5.56 Å². The molecular formula is C17H22N4O4. The van der Waals surface area contributed by atoms with Crippen LogP contribution in [-0.4, -0.2) is 66.6 Å². The Morgan fingerprint density at radius 2 is 1.96 bits per heavy atom. The minimum absolute atomic E-state index is 0.00449. The number of ether oxygens (including phenoxy) is 1. The van der Waals surface area contributed by atoms with Crippen LogP contribution < -0.4 is 0 Å². The molecule has 25 heavy (non-hydrogen) atoms. The number of rotatable bonds is 8. The molecule has 0 atom stereocenters. The number of hydrogen-bond donors (Lipinski definition) is 0. The highest BCUT2D eigenvalue weighted by molar-refractivity contribution is 5.78. The highest BCUT2D eigenvalue weighted by Crippen LogP contribution is 2.13. The zero-order valence-corrected chi connectivity index (χ0v) is 14.1. The fourth-order valence-electron chi connectivity index (χ4n) is 2.66. The summed E-state index contributed by atoms with van der Waals surface area (Å²) in [6.07, 6.45) is 0.460. The maximum absolute atomic E-state index is 12.5. The third kappa shape index (κ3) is 6.14. The van der Waals surface area contributed by atoms with Crippen molar-refractivity contribution in [3.63, 3.8) is 0 Å². The molecule has 1 aromatic rings. The Kier molecular flexibility index (Phi) is 7.32. The topological polar surface area (TPSA) is 99.7 Å². The average Bonchev–Trinajstić information content (AvgIpc) is 2.63. The van der Waals surface area contributed by atoms with E-state index in [-0.39, 0.29) is 24.4 Å². The molecule has 2 rings (SSSR count). The van der Waals surface area contributed by atoms with Crippen LogP contribution in [0.1, 0.15) is 12.0 Å². The lowest BCUT2D eigenvalue weighted by Crippen LogP contribution is -2.43. The fraction of sp³-hybridized carbons (Fsp3) is 0.529. The molecule has 1 saturated heterocycles. The van der Waals surface area contributed by atoms with Gasteiger partial charge >= 0.3 is 0 Å². The van der Waals surface area contributed by atoms with Crippen LogP contribution >= 0.6 is 0 Å². The van der Waals surface area contributed by atoms with Crippen LogP contribution in [0.15, 0.2) is 24.3 Å². The number of nitrogens with zero attached hydrogens (tertiary/aromatic N) is 4. The molecule has 1 fully saturated rings. The molecule has 8 heteroatoms. The molecule has 0 spiro atoms. The van der Waals surface area contributed by atoms with Crippen molar-refractivity contribution in [3.05, 3.63) is 39.9 Å². The lowest BCUT2D eigenvalue weighted by Gasteiger charge is -2.30. The second kappa shape index (κ2) is 9.71. The van der Waals surface area contributed by atoms with Gasteiger partial charge in [-0.3, -0.25) is 19.8 Å². The van der Waals surface area contributed by atoms with Gasteiger partial charge in [-0.15, -0.1) is 0 Å². The second-order valence-corrected chi connectivity index (χ2v) is 5.84. The van der Waals surface area contributed by atoms with Gasteiger partial charge in [0.1, 0.15) is 0 Å². The molecule has 1 aliphatic heterocycles. The van der Waals surface area contributed by atoms with Gasteiger partial charge < -0.3 is 9.64 Å². The van der Waals surface area contributed by atoms with Gasteiger partial charge in [0.05, 0.1) is 37.0 Å². The normalized spacial score (nSPS) is 14.7. The maximum Gasteiger partial charge on any atom is 0.269 e. The summed E-state index contributed by atoms with van der Waals surface area (Å²) in [4.78, 5) is 26.7. The van der Waals surface area contributed by atoms with Crippen LogP contribution in [0.4, 0.5) is 5.69 Å². The number of non-ortho nitro benzene ring substituents is 1. The molecule has 0 unspecified atom stereocenters. The van der Waals surface area contributed by atoms with E-state index in [1.165, 1.54) is 12.1 Å². The summed E-state index contributed by atoms with van der Waals surface area (Å²) < 4.78 is 5.31. The van der Waals surface area contributed by atoms with Crippen LogP contribution in [0.25, 0.3) is 0 Å². The molecule has 0 radical (unpaired) electrons. The van der Waals surface area contributed by atoms with Crippen molar-refractivity contribution in [1.29, 1.82) is 5.26 Å². The van der Waals surface area contributed by atoms with Crippen LogP contribution in [-0.2, 0) is 16.0 Å². The minimum atomic E-state index is -0.465. The monoisotopic (exact) mass is 346 g/mol. The molecule has 8 nitrogen and oxygen atoms in total. The van der Waals surface area contributed by atoms with Crippen molar-refractivity contribution < 1.29 is 14.5 Å². The van der Waals surface area contributed by atoms with Gasteiger partial charge in [0.2, 0.25) is 5.91 Å². The number of carbonyl (C=O) groups excluding carboxylic acids is 1. The number of carbonyl (C=O) groups is 1. The molecule has 0 saturated carbocycles. The Labute approximate surface area is 146 Å². The number of nitriles is 1. The first-order chi connectivity index (χ1) is 12.1. The third-order valence-corrected chi connectivity index (χ3v) is 4.14. The summed E-state index contributed by atoms with van der Waals surface area (Å²) in [6.45, 7) is 4.82. The van der Waals surface area contributed by atoms with Crippen LogP contribution in [0, 0.1) is 21.4 Å². The van der Waals surface area contributed by atoms with Crippen LogP contribution in [0.2, 0.25) is 0 Å². The molecule has 0 aromatic heterocycles. The van der Waals surface area contributed by atoms with Crippen molar-refractivity contribution in [3.8, 4) is 6.07 Å². The average molecular weight is 346 g/mol. The van der Waals surface area contributed by atoms with E-state index in [2.05, 4.69) is 11.0 Å². The quantitative estimate of drug-likeness (QED) is 0.518. The Balaban J connectivity index is 1.91. The summed E-state index contributed by atoms with van der Waals surface area (Å²) in [5.74, 6) is -0.0719. The molecule has 1 amide bonds. The van der Waals surface area contributed by atoms with E-state index < -0.39 is 4.92 Å². The molecule has 134 valence electrons. The summed E-state index contributed by atoms with van der Waals surface area (Å²) >= 11 is 0. The summed E-state index contributed by atoms with van der Waals surface area (Å²) in [5.41, 5.74) is 0.730. The van der Waals surface area contributed by atoms with Crippen molar-refractivity contribution in [2.75, 3.05) is 45.9 Å². The number of nitro groups is 1. The number of morpholine rings is 1. The first-order valence-electron chi connectivity index (χ1n) is 8.28. The van der Waals surface area contributed by atoms with Gasteiger partial charge in [-0.1, -0.05) is 12.1 Å². The van der Waals surface area contributed by atoms with E-state index in [9.17, 15) is 14.9 Å². The molecule has 0 N–H and O–H groups in total. The van der Waals surface area contributed by atoms with Crippen molar-refractivity contribution in [2.45, 2.75) is 12.8 Å². The number of amides is 1. The lowest BCUT2D eigenvalue weighted by atomic mass is 10.1. The predicted octanol–water partition coefficient (Wildman–Crippen LogP) is 1.21. The van der Waals surface area contributed by atoms with Gasteiger partial charge in [0.25, 0.3) is 5.69 Å². The van der Waals surface area contributed by atoms with Crippen LogP contribution in [0.3, 0.4) is 0 Å². The Morgan fingerprint density at radius 1 is 1.28 bits per heavy atom. The zero-order valence-electron chi connectivity index (χ0n) is 14.1. The Hall–Kier alpha value is -2.50. The van der Waals surface area contributed by atoms with E-state index in [4.69, 9.17) is 10.00 Å². The second-order valence-electron chi connectivity index (χ2n) is 5.84. The van der Waals surface area contributed by atoms with Crippen molar-refractivity contribution >= 4 is 11.6 Å². The van der Waals surface area contributed by atoms with E-state index in [1.54, 1.807) is 17.0 Å². The van der Waals surface area contributed by atoms with Crippen LogP contribution in [0.5, 0.6) is 0 Å². The summed E-state index contributed by atoms with van der Waals surface area (Å²) in [6, 6.07) is 8.07. The molecule has 1 aromatic carbocycles. The molecule has 1 aliphatic rings. The highest BCUT2D eigenvalue weighted by Gasteiger charge is 2.17. The lowest BCUT2D eigenvalue weighted by molar-refractivity contribution is -0.384. The van der Waals surface area contributed by atoms with Gasteiger partial charge in [-0.2, -0.15) is 5.26 Å². The molecular weight excluding hydrogens is 324 g/mol. The molecule has 1 heterocycles. The number of nitro benzene ring substituents is 1. The maximum atomic E-state index is 12.5. The number of hydrogen-bond acceptors (Lipinski definition) is 6. The third-order valence-electron chi connectivity index (χ3n) is 4.14. The highest BCUT2D eigenvalue weighted by atomic mass is 16.6. The summed E-state index contributed by atoms with van der Waals surface area (Å²) in [7, 11) is 0. The largest absolute Gasteiger partial charge is 0.379 e. The smallest absolute Gasteiger partial charge is 0.269 e. The predicted molar refractivity (Wildman–Crippen MR) is 90.9 cm³/mol. The molecule has 0 bridgehead atoms. The first kappa shape index (κ1) is 18.8. The Morgan fingerprint density at radius 3 is 2.56 bits per heavy atom. The zero-order chi connectivity index (χ0) is 18.1. The van der Waals surface area contributed by atoms with E-state index in [0.717, 1.165) is 25.2 Å². The van der Waals surface area contributed by atoms with Gasteiger partial charge in [0, 0.05) is 44.9 Å². The summed E-state index contributed by atoms with van der Waals surface area (Å²) in [5, 5.41) is 19.5. The Bertz CT molecular complexity index is 621. The van der Waals surface area contributed by atoms with Gasteiger partial charge in [0.15, 0.2) is 0 Å². The van der Waals surface area contributed by atoms with Crippen molar-refractivity contribution in [1.82, 2.24) is 9.80 Å². The van der Waals surface area contributed by atoms with Crippen molar-refractivity contribution in [2.24, 2.45) is 0 Å². The first-order valence-corrected chi connectivity index (χ1v) is 8.28. The minimum Gasteiger partial charge on any atom is -0.379 e. The van der Waals surface area contributed by atoms with E-state index in [0.29, 0.717) is 26.3 Å².